The molecule has 2 saturated heterocycles. The van der Waals surface area contributed by atoms with Crippen molar-refractivity contribution < 1.29 is 23.1 Å². The molecule has 0 saturated carbocycles. The van der Waals surface area contributed by atoms with Crippen LogP contribution >= 0.6 is 0 Å². The summed E-state index contributed by atoms with van der Waals surface area (Å²) in [5.41, 5.74) is 3.03. The normalized spacial score (nSPS) is 21.1. The van der Waals surface area contributed by atoms with E-state index in [2.05, 4.69) is 25.7 Å². The zero-order chi connectivity index (χ0) is 23.8. The standard InChI is InChI=1S/C24H29F2N5O3/c25-20-4-3-5-21(26)19(20)10-12-31-11-9-18(16-31)29-22-15-27-17(14-28-22)7-8-23(32)30-34-24-6-1-2-13-33-24/h3-5,7-8,14-15,18,24H,1-2,6,9-13,16H2,(H,28,29)(H,30,32)/b8-7+/t18-,24?/m1/s1. The number of benzene rings is 1. The number of hydroxylamine groups is 1. The van der Waals surface area contributed by atoms with E-state index in [9.17, 15) is 13.6 Å². The maximum atomic E-state index is 13.8. The summed E-state index contributed by atoms with van der Waals surface area (Å²) in [7, 11) is 0. The fourth-order valence-electron chi connectivity index (χ4n) is 4.03. The number of hydrogen-bond acceptors (Lipinski definition) is 7. The van der Waals surface area contributed by atoms with Gasteiger partial charge in [0.2, 0.25) is 0 Å². The second-order valence-electron chi connectivity index (χ2n) is 8.42. The van der Waals surface area contributed by atoms with Gasteiger partial charge in [-0.15, -0.1) is 0 Å². The van der Waals surface area contributed by atoms with E-state index in [0.717, 1.165) is 38.8 Å². The van der Waals surface area contributed by atoms with Crippen molar-refractivity contribution in [3.05, 3.63) is 59.6 Å². The Bertz CT molecular complexity index is 963. The molecule has 4 rings (SSSR count). The van der Waals surface area contributed by atoms with Crippen LogP contribution in [0.3, 0.4) is 0 Å². The molecule has 182 valence electrons. The number of aromatic nitrogens is 2. The minimum atomic E-state index is -0.499. The molecule has 2 N–H and O–H groups in total. The Hall–Kier alpha value is -2.95. The topological polar surface area (TPSA) is 88.6 Å². The molecule has 2 aromatic rings. The predicted octanol–water partition coefficient (Wildman–Crippen LogP) is 3.07. The Morgan fingerprint density at radius 2 is 2.06 bits per heavy atom. The molecule has 0 bridgehead atoms. The van der Waals surface area contributed by atoms with E-state index in [0.29, 0.717) is 31.1 Å². The first-order chi connectivity index (χ1) is 16.6. The molecule has 1 unspecified atom stereocenters. The lowest BCUT2D eigenvalue weighted by atomic mass is 10.1. The Labute approximate surface area is 197 Å². The average Bonchev–Trinajstić information content (AvgIpc) is 3.30. The highest BCUT2D eigenvalue weighted by atomic mass is 19.1. The first-order valence-electron chi connectivity index (χ1n) is 11.6. The smallest absolute Gasteiger partial charge is 0.267 e. The highest BCUT2D eigenvalue weighted by molar-refractivity contribution is 5.90. The lowest BCUT2D eigenvalue weighted by Gasteiger charge is -2.21. The summed E-state index contributed by atoms with van der Waals surface area (Å²) >= 11 is 0. The molecule has 1 amide bonds. The minimum absolute atomic E-state index is 0.135. The van der Waals surface area contributed by atoms with Crippen LogP contribution in [0.15, 0.2) is 36.7 Å². The number of hydrogen-bond donors (Lipinski definition) is 2. The average molecular weight is 474 g/mol. The number of ether oxygens (including phenoxy) is 1. The van der Waals surface area contributed by atoms with E-state index >= 15 is 0 Å². The predicted molar refractivity (Wildman–Crippen MR) is 122 cm³/mol. The minimum Gasteiger partial charge on any atom is -0.365 e. The van der Waals surface area contributed by atoms with Crippen LogP contribution in [0.2, 0.25) is 0 Å². The van der Waals surface area contributed by atoms with E-state index in [1.807, 2.05) is 0 Å². The van der Waals surface area contributed by atoms with Gasteiger partial charge in [-0.3, -0.25) is 9.78 Å². The van der Waals surface area contributed by atoms with Crippen LogP contribution in [0.1, 0.15) is 36.9 Å². The van der Waals surface area contributed by atoms with Gasteiger partial charge in [0.25, 0.3) is 5.91 Å². The Balaban J connectivity index is 1.18. The second kappa shape index (κ2) is 12.0. The summed E-state index contributed by atoms with van der Waals surface area (Å²) in [5.74, 6) is -0.770. The largest absolute Gasteiger partial charge is 0.365 e. The maximum absolute atomic E-state index is 13.8. The first kappa shape index (κ1) is 24.2. The van der Waals surface area contributed by atoms with Gasteiger partial charge in [-0.1, -0.05) is 6.07 Å². The van der Waals surface area contributed by atoms with Crippen molar-refractivity contribution >= 4 is 17.8 Å². The number of nitrogens with one attached hydrogen (secondary N) is 2. The number of anilines is 1. The number of amides is 1. The van der Waals surface area contributed by atoms with Crippen molar-refractivity contribution in [2.45, 2.75) is 44.4 Å². The van der Waals surface area contributed by atoms with Gasteiger partial charge in [0.1, 0.15) is 17.5 Å². The van der Waals surface area contributed by atoms with Crippen LogP contribution < -0.4 is 10.8 Å². The summed E-state index contributed by atoms with van der Waals surface area (Å²) in [6, 6.07) is 4.13. The van der Waals surface area contributed by atoms with Crippen molar-refractivity contribution in [3.63, 3.8) is 0 Å². The van der Waals surface area contributed by atoms with Crippen LogP contribution in [0, 0.1) is 11.6 Å². The highest BCUT2D eigenvalue weighted by Gasteiger charge is 2.23. The third-order valence-electron chi connectivity index (χ3n) is 5.87. The van der Waals surface area contributed by atoms with Crippen LogP contribution in [-0.4, -0.2) is 59.3 Å². The Kier molecular flexibility index (Phi) is 8.51. The molecular weight excluding hydrogens is 444 g/mol. The highest BCUT2D eigenvalue weighted by Crippen LogP contribution is 2.17. The van der Waals surface area contributed by atoms with Crippen LogP contribution in [-0.2, 0) is 20.8 Å². The third-order valence-corrected chi connectivity index (χ3v) is 5.87. The summed E-state index contributed by atoms with van der Waals surface area (Å²) < 4.78 is 33.0. The molecule has 1 aromatic carbocycles. The molecule has 2 aliphatic heterocycles. The van der Waals surface area contributed by atoms with E-state index in [4.69, 9.17) is 9.57 Å². The van der Waals surface area contributed by atoms with Crippen molar-refractivity contribution in [2.24, 2.45) is 0 Å². The van der Waals surface area contributed by atoms with Crippen LogP contribution in [0.5, 0.6) is 0 Å². The molecule has 8 nitrogen and oxygen atoms in total. The molecule has 1 aromatic heterocycles. The van der Waals surface area contributed by atoms with Gasteiger partial charge in [-0.05, 0) is 43.9 Å². The number of halogens is 2. The van der Waals surface area contributed by atoms with E-state index in [1.54, 1.807) is 18.5 Å². The van der Waals surface area contributed by atoms with E-state index < -0.39 is 23.8 Å². The number of nitrogens with zero attached hydrogens (tertiary/aromatic N) is 3. The fourth-order valence-corrected chi connectivity index (χ4v) is 4.03. The molecule has 10 heteroatoms. The van der Waals surface area contributed by atoms with Crippen molar-refractivity contribution in [1.82, 2.24) is 20.3 Å². The molecule has 0 spiro atoms. The van der Waals surface area contributed by atoms with Crippen molar-refractivity contribution in [2.75, 3.05) is 31.6 Å². The Morgan fingerprint density at radius 3 is 2.79 bits per heavy atom. The molecule has 34 heavy (non-hydrogen) atoms. The van der Waals surface area contributed by atoms with Gasteiger partial charge >= 0.3 is 0 Å². The van der Waals surface area contributed by atoms with Crippen molar-refractivity contribution in [3.8, 4) is 0 Å². The molecule has 2 atom stereocenters. The van der Waals surface area contributed by atoms with Gasteiger partial charge in [0.05, 0.1) is 18.1 Å². The lowest BCUT2D eigenvalue weighted by molar-refractivity contribution is -0.198. The van der Waals surface area contributed by atoms with Crippen LogP contribution in [0.4, 0.5) is 14.6 Å². The SMILES string of the molecule is O=C(/C=C/c1cnc(N[C@@H]2CCN(CCc3c(F)cccc3F)C2)cn1)NOC1CCCCO1. The fraction of sp³-hybridized carbons (Fsp3) is 0.458. The number of carbonyl (C=O) groups excluding carboxylic acids is 1. The third kappa shape index (κ3) is 7.02. The molecule has 2 aliphatic rings. The summed E-state index contributed by atoms with van der Waals surface area (Å²) in [6.07, 6.45) is 9.67. The number of likely N-dealkylation sites (tertiary alicyclic amines) is 1. The number of rotatable bonds is 9. The summed E-state index contributed by atoms with van der Waals surface area (Å²) in [6.45, 7) is 2.82. The number of carbonyl (C=O) groups is 1. The summed E-state index contributed by atoms with van der Waals surface area (Å²) in [4.78, 5) is 27.9. The quantitative estimate of drug-likeness (QED) is 0.427. The Morgan fingerprint density at radius 1 is 1.21 bits per heavy atom. The van der Waals surface area contributed by atoms with Gasteiger partial charge in [-0.25, -0.2) is 24.1 Å². The molecule has 2 fully saturated rings. The second-order valence-corrected chi connectivity index (χ2v) is 8.42. The van der Waals surface area contributed by atoms with Crippen molar-refractivity contribution in [1.29, 1.82) is 0 Å². The zero-order valence-electron chi connectivity index (χ0n) is 18.9. The molecule has 0 aliphatic carbocycles. The van der Waals surface area contributed by atoms with Gasteiger partial charge in [0, 0.05) is 50.3 Å². The van der Waals surface area contributed by atoms with Gasteiger partial charge in [-0.2, -0.15) is 0 Å². The molecular formula is C24H29F2N5O3. The zero-order valence-corrected chi connectivity index (χ0v) is 18.9. The molecule has 0 radical (unpaired) electrons. The van der Waals surface area contributed by atoms with Gasteiger partial charge < -0.3 is 15.0 Å². The van der Waals surface area contributed by atoms with Gasteiger partial charge in [0.15, 0.2) is 6.29 Å². The lowest BCUT2D eigenvalue weighted by Crippen LogP contribution is -2.32. The van der Waals surface area contributed by atoms with E-state index in [1.165, 1.54) is 24.3 Å². The summed E-state index contributed by atoms with van der Waals surface area (Å²) in [5, 5.41) is 3.34. The van der Waals surface area contributed by atoms with E-state index in [-0.39, 0.29) is 11.6 Å². The van der Waals surface area contributed by atoms with Crippen LogP contribution in [0.25, 0.3) is 6.08 Å². The monoisotopic (exact) mass is 473 g/mol. The first-order valence-corrected chi connectivity index (χ1v) is 11.6. The maximum Gasteiger partial charge on any atom is 0.267 e. The molecule has 3 heterocycles.